The van der Waals surface area contributed by atoms with E-state index in [-0.39, 0.29) is 12.5 Å². The van der Waals surface area contributed by atoms with E-state index in [1.807, 2.05) is 60.7 Å². The lowest BCUT2D eigenvalue weighted by Crippen LogP contribution is -2.25. The van der Waals surface area contributed by atoms with Gasteiger partial charge in [-0.1, -0.05) is 60.7 Å². The molecule has 0 spiro atoms. The van der Waals surface area contributed by atoms with Crippen molar-refractivity contribution in [3.63, 3.8) is 0 Å². The van der Waals surface area contributed by atoms with Crippen LogP contribution in [0.2, 0.25) is 0 Å². The molecule has 0 aliphatic heterocycles. The summed E-state index contributed by atoms with van der Waals surface area (Å²) in [5.74, 6) is 1.03. The molecule has 0 aliphatic carbocycles. The Bertz CT molecular complexity index is 1110. The van der Waals surface area contributed by atoms with Crippen molar-refractivity contribution in [2.24, 2.45) is 0 Å². The fraction of sp³-hybridized carbons (Fsp3) is 0.160. The van der Waals surface area contributed by atoms with Crippen LogP contribution in [-0.2, 0) is 13.0 Å². The molecule has 0 aliphatic rings. The van der Waals surface area contributed by atoms with Crippen LogP contribution in [0.4, 0.5) is 0 Å². The molecule has 0 saturated heterocycles. The Kier molecular flexibility index (Phi) is 6.70. The van der Waals surface area contributed by atoms with Gasteiger partial charge in [-0.15, -0.1) is 0 Å². The monoisotopic (exact) mass is 412 g/mol. The van der Waals surface area contributed by atoms with Gasteiger partial charge in [-0.3, -0.25) is 4.79 Å². The molecular formula is C25H24N4O2. The Hall–Kier alpha value is -3.93. The molecule has 0 unspecified atom stereocenters. The zero-order valence-electron chi connectivity index (χ0n) is 17.1. The average molecular weight is 412 g/mol. The van der Waals surface area contributed by atoms with E-state index in [9.17, 15) is 4.79 Å². The van der Waals surface area contributed by atoms with E-state index in [0.29, 0.717) is 23.7 Å². The molecule has 0 saturated carbocycles. The summed E-state index contributed by atoms with van der Waals surface area (Å²) in [4.78, 5) is 17.0. The van der Waals surface area contributed by atoms with Crippen molar-refractivity contribution in [2.45, 2.75) is 19.4 Å². The number of hydrogen-bond acceptors (Lipinski definition) is 4. The maximum absolute atomic E-state index is 12.7. The summed E-state index contributed by atoms with van der Waals surface area (Å²) in [6, 6.07) is 27.2. The predicted octanol–water partition coefficient (Wildman–Crippen LogP) is 4.21. The first-order chi connectivity index (χ1) is 15.3. The van der Waals surface area contributed by atoms with Crippen molar-refractivity contribution in [3.05, 3.63) is 108 Å². The Morgan fingerprint density at radius 3 is 2.42 bits per heavy atom. The first kappa shape index (κ1) is 20.3. The number of carbonyl (C=O) groups excluding carboxylic acids is 1. The molecule has 6 heteroatoms. The van der Waals surface area contributed by atoms with Crippen LogP contribution in [0.5, 0.6) is 5.75 Å². The summed E-state index contributed by atoms with van der Waals surface area (Å²) < 4.78 is 7.68. The number of nitrogens with zero attached hydrogens (tertiary/aromatic N) is 3. The highest BCUT2D eigenvalue weighted by Gasteiger charge is 2.13. The first-order valence-corrected chi connectivity index (χ1v) is 10.3. The van der Waals surface area contributed by atoms with E-state index in [4.69, 9.17) is 4.74 Å². The first-order valence-electron chi connectivity index (χ1n) is 10.3. The van der Waals surface area contributed by atoms with Crippen LogP contribution in [0.15, 0.2) is 91.3 Å². The van der Waals surface area contributed by atoms with E-state index < -0.39 is 0 Å². The highest BCUT2D eigenvalue weighted by atomic mass is 16.5. The topological polar surface area (TPSA) is 69.0 Å². The van der Waals surface area contributed by atoms with Gasteiger partial charge in [-0.2, -0.15) is 5.10 Å². The largest absolute Gasteiger partial charge is 0.485 e. The summed E-state index contributed by atoms with van der Waals surface area (Å²) in [7, 11) is 0. The number of aryl methyl sites for hydroxylation is 1. The average Bonchev–Trinajstić information content (AvgIpc) is 3.30. The van der Waals surface area contributed by atoms with Gasteiger partial charge in [0.05, 0.1) is 11.3 Å². The van der Waals surface area contributed by atoms with Crippen molar-refractivity contribution >= 4 is 5.91 Å². The molecular weight excluding hydrogens is 388 g/mol. The van der Waals surface area contributed by atoms with Crippen molar-refractivity contribution in [2.75, 3.05) is 6.54 Å². The molecule has 3 aromatic carbocycles. The number of nitrogens with one attached hydrogen (secondary N) is 1. The van der Waals surface area contributed by atoms with E-state index >= 15 is 0 Å². The zero-order chi connectivity index (χ0) is 21.3. The Labute approximate surface area is 181 Å². The van der Waals surface area contributed by atoms with Gasteiger partial charge in [0.2, 0.25) is 0 Å². The van der Waals surface area contributed by atoms with Crippen LogP contribution in [0.25, 0.3) is 5.69 Å². The molecule has 1 N–H and O–H groups in total. The van der Waals surface area contributed by atoms with E-state index in [0.717, 1.165) is 18.5 Å². The van der Waals surface area contributed by atoms with Gasteiger partial charge in [0.15, 0.2) is 5.82 Å². The maximum atomic E-state index is 12.7. The lowest BCUT2D eigenvalue weighted by molar-refractivity contribution is 0.0948. The van der Waals surface area contributed by atoms with Gasteiger partial charge in [0.25, 0.3) is 5.91 Å². The lowest BCUT2D eigenvalue weighted by atomic mass is 10.1. The van der Waals surface area contributed by atoms with Crippen LogP contribution in [-0.4, -0.2) is 27.2 Å². The molecule has 1 amide bonds. The molecule has 31 heavy (non-hydrogen) atoms. The standard InChI is InChI=1S/C25H24N4O2/c30-25(26-17-9-12-20-10-3-1-4-11-20)22-15-7-8-16-23(22)31-18-24-27-19-28-29(24)21-13-5-2-6-14-21/h1-8,10-11,13-16,19H,9,12,17-18H2,(H,26,30). The van der Waals surface area contributed by atoms with Crippen LogP contribution in [0.1, 0.15) is 28.2 Å². The van der Waals surface area contributed by atoms with E-state index in [1.165, 1.54) is 11.9 Å². The smallest absolute Gasteiger partial charge is 0.255 e. The number of ether oxygens (including phenoxy) is 1. The minimum atomic E-state index is -0.145. The summed E-state index contributed by atoms with van der Waals surface area (Å²) in [6.07, 6.45) is 3.30. The third-order valence-electron chi connectivity index (χ3n) is 4.88. The fourth-order valence-corrected chi connectivity index (χ4v) is 3.31. The molecule has 4 rings (SSSR count). The predicted molar refractivity (Wildman–Crippen MR) is 119 cm³/mol. The molecule has 1 aromatic heterocycles. The number of rotatable bonds is 9. The lowest BCUT2D eigenvalue weighted by Gasteiger charge is -2.12. The van der Waals surface area contributed by atoms with Crippen LogP contribution >= 0.6 is 0 Å². The van der Waals surface area contributed by atoms with Gasteiger partial charge in [-0.25, -0.2) is 9.67 Å². The summed E-state index contributed by atoms with van der Waals surface area (Å²) in [5, 5.41) is 7.27. The molecule has 6 nitrogen and oxygen atoms in total. The molecule has 0 atom stereocenters. The van der Waals surface area contributed by atoms with Gasteiger partial charge in [0, 0.05) is 6.54 Å². The Morgan fingerprint density at radius 1 is 0.903 bits per heavy atom. The van der Waals surface area contributed by atoms with Crippen molar-refractivity contribution < 1.29 is 9.53 Å². The quantitative estimate of drug-likeness (QED) is 0.418. The second-order valence-electron chi connectivity index (χ2n) is 7.05. The fourth-order valence-electron chi connectivity index (χ4n) is 3.31. The third kappa shape index (κ3) is 5.36. The number of para-hydroxylation sites is 2. The molecule has 1 heterocycles. The number of hydrogen-bond donors (Lipinski definition) is 1. The van der Waals surface area contributed by atoms with E-state index in [2.05, 4.69) is 27.5 Å². The molecule has 4 aromatic rings. The third-order valence-corrected chi connectivity index (χ3v) is 4.88. The Morgan fingerprint density at radius 2 is 1.61 bits per heavy atom. The number of amides is 1. The molecule has 0 fully saturated rings. The van der Waals surface area contributed by atoms with Crippen LogP contribution < -0.4 is 10.1 Å². The van der Waals surface area contributed by atoms with E-state index in [1.54, 1.807) is 16.8 Å². The van der Waals surface area contributed by atoms with Crippen LogP contribution in [0.3, 0.4) is 0 Å². The van der Waals surface area contributed by atoms with Gasteiger partial charge in [-0.05, 0) is 42.7 Å². The second-order valence-corrected chi connectivity index (χ2v) is 7.05. The molecule has 0 radical (unpaired) electrons. The summed E-state index contributed by atoms with van der Waals surface area (Å²) in [5.41, 5.74) is 2.68. The summed E-state index contributed by atoms with van der Waals surface area (Å²) >= 11 is 0. The van der Waals surface area contributed by atoms with Crippen LogP contribution in [0, 0.1) is 0 Å². The van der Waals surface area contributed by atoms with Crippen molar-refractivity contribution in [1.82, 2.24) is 20.1 Å². The second kappa shape index (κ2) is 10.2. The Balaban J connectivity index is 1.35. The number of aromatic nitrogens is 3. The minimum absolute atomic E-state index is 0.145. The normalized spacial score (nSPS) is 10.6. The van der Waals surface area contributed by atoms with Gasteiger partial charge >= 0.3 is 0 Å². The number of carbonyl (C=O) groups is 1. The van der Waals surface area contributed by atoms with Gasteiger partial charge < -0.3 is 10.1 Å². The highest BCUT2D eigenvalue weighted by Crippen LogP contribution is 2.19. The zero-order valence-corrected chi connectivity index (χ0v) is 17.1. The van der Waals surface area contributed by atoms with Gasteiger partial charge in [0.1, 0.15) is 18.7 Å². The summed E-state index contributed by atoms with van der Waals surface area (Å²) in [6.45, 7) is 0.803. The molecule has 156 valence electrons. The number of benzene rings is 3. The maximum Gasteiger partial charge on any atom is 0.255 e. The van der Waals surface area contributed by atoms with Crippen molar-refractivity contribution in [3.8, 4) is 11.4 Å². The molecule has 0 bridgehead atoms. The minimum Gasteiger partial charge on any atom is -0.485 e. The highest BCUT2D eigenvalue weighted by molar-refractivity contribution is 5.96. The van der Waals surface area contributed by atoms with Crippen molar-refractivity contribution in [1.29, 1.82) is 0 Å². The SMILES string of the molecule is O=C(NCCCc1ccccc1)c1ccccc1OCc1ncnn1-c1ccccc1.